The number of hydrogen-bond acceptors (Lipinski definition) is 4. The summed E-state index contributed by atoms with van der Waals surface area (Å²) in [5.74, 6) is 0.403. The van der Waals surface area contributed by atoms with Gasteiger partial charge in [0.15, 0.2) is 11.5 Å². The van der Waals surface area contributed by atoms with Crippen LogP contribution in [-0.4, -0.2) is 19.5 Å². The normalized spacial score (nSPS) is 11.3. The van der Waals surface area contributed by atoms with Crippen LogP contribution in [0.1, 0.15) is 51.9 Å². The molecule has 2 rings (SSSR count). The Morgan fingerprint density at radius 1 is 1.10 bits per heavy atom. The summed E-state index contributed by atoms with van der Waals surface area (Å²) in [6.45, 7) is 3.14. The van der Waals surface area contributed by atoms with Gasteiger partial charge in [0.05, 0.1) is 6.33 Å². The fourth-order valence-corrected chi connectivity index (χ4v) is 2.56. The molecule has 20 heavy (non-hydrogen) atoms. The van der Waals surface area contributed by atoms with Crippen LogP contribution in [0.25, 0.3) is 11.2 Å². The average molecular weight is 296 g/mol. The molecule has 0 fully saturated rings. The van der Waals surface area contributed by atoms with Gasteiger partial charge in [0, 0.05) is 6.54 Å². The number of fused-ring (bicyclic) bond motifs is 1. The van der Waals surface area contributed by atoms with E-state index in [1.54, 1.807) is 6.33 Å². The number of hydrogen-bond donors (Lipinski definition) is 1. The van der Waals surface area contributed by atoms with Gasteiger partial charge in [-0.2, -0.15) is 9.97 Å². The van der Waals surface area contributed by atoms with Gasteiger partial charge < -0.3 is 10.3 Å². The van der Waals surface area contributed by atoms with E-state index in [1.807, 2.05) is 4.57 Å². The Morgan fingerprint density at radius 3 is 2.55 bits per heavy atom. The molecule has 0 aliphatic carbocycles. The molecule has 0 aromatic carbocycles. The number of imidazole rings is 1. The second-order valence-corrected chi connectivity index (χ2v) is 5.45. The molecule has 2 N–H and O–H groups in total. The summed E-state index contributed by atoms with van der Waals surface area (Å²) in [5, 5.41) is 0.149. The largest absolute Gasteiger partial charge is 0.382 e. The minimum atomic E-state index is 0.149. The predicted molar refractivity (Wildman–Crippen MR) is 82.7 cm³/mol. The van der Waals surface area contributed by atoms with Crippen LogP contribution in [0, 0.1) is 0 Å². The van der Waals surface area contributed by atoms with Gasteiger partial charge in [0.1, 0.15) is 5.52 Å². The van der Waals surface area contributed by atoms with Gasteiger partial charge >= 0.3 is 0 Å². The Labute approximate surface area is 124 Å². The third-order valence-electron chi connectivity index (χ3n) is 3.47. The zero-order chi connectivity index (χ0) is 14.4. The molecule has 0 saturated heterocycles. The third kappa shape index (κ3) is 3.82. The highest BCUT2D eigenvalue weighted by molar-refractivity contribution is 6.28. The van der Waals surface area contributed by atoms with E-state index < -0.39 is 0 Å². The number of rotatable bonds is 8. The van der Waals surface area contributed by atoms with Crippen molar-refractivity contribution in [3.8, 4) is 0 Å². The number of aryl methyl sites for hydroxylation is 1. The van der Waals surface area contributed by atoms with Crippen molar-refractivity contribution in [2.75, 3.05) is 5.73 Å². The van der Waals surface area contributed by atoms with Crippen LogP contribution >= 0.6 is 11.6 Å². The molecule has 0 radical (unpaired) electrons. The van der Waals surface area contributed by atoms with Crippen molar-refractivity contribution in [2.45, 2.75) is 58.4 Å². The number of aromatic nitrogens is 4. The fraction of sp³-hybridized carbons (Fsp3) is 0.643. The molecule has 5 nitrogen and oxygen atoms in total. The van der Waals surface area contributed by atoms with Gasteiger partial charge in [0.25, 0.3) is 0 Å². The van der Waals surface area contributed by atoms with Crippen LogP contribution in [0.15, 0.2) is 6.33 Å². The molecule has 6 heteroatoms. The van der Waals surface area contributed by atoms with Gasteiger partial charge in [-0.1, -0.05) is 45.4 Å². The molecule has 0 amide bonds. The first-order chi connectivity index (χ1) is 9.72. The van der Waals surface area contributed by atoms with E-state index in [-0.39, 0.29) is 5.28 Å². The van der Waals surface area contributed by atoms with E-state index >= 15 is 0 Å². The maximum atomic E-state index is 5.89. The summed E-state index contributed by atoms with van der Waals surface area (Å²) in [4.78, 5) is 12.3. The molecule has 2 aromatic heterocycles. The molecule has 110 valence electrons. The van der Waals surface area contributed by atoms with Crippen molar-refractivity contribution in [3.05, 3.63) is 11.6 Å². The minimum absolute atomic E-state index is 0.149. The first-order valence-electron chi connectivity index (χ1n) is 7.36. The lowest BCUT2D eigenvalue weighted by atomic mass is 10.1. The number of nitrogens with two attached hydrogens (primary N) is 1. The molecule has 0 unspecified atom stereocenters. The number of unbranched alkanes of at least 4 members (excludes halogenated alkanes) is 6. The van der Waals surface area contributed by atoms with E-state index in [9.17, 15) is 0 Å². The fourth-order valence-electron chi connectivity index (χ4n) is 2.39. The topological polar surface area (TPSA) is 69.6 Å². The maximum absolute atomic E-state index is 5.89. The van der Waals surface area contributed by atoms with Gasteiger partial charge in [-0.25, -0.2) is 4.98 Å². The summed E-state index contributed by atoms with van der Waals surface area (Å²) in [5.41, 5.74) is 7.26. The highest BCUT2D eigenvalue weighted by Gasteiger charge is 2.10. The van der Waals surface area contributed by atoms with Crippen LogP contribution in [0.5, 0.6) is 0 Å². The van der Waals surface area contributed by atoms with Gasteiger partial charge in [-0.05, 0) is 18.0 Å². The molecule has 0 aliphatic rings. The first kappa shape index (κ1) is 15.0. The SMILES string of the molecule is CCCCCCCCCn1cnc2nc(Cl)nc(N)c21. The van der Waals surface area contributed by atoms with Crippen LogP contribution in [0.4, 0.5) is 5.82 Å². The third-order valence-corrected chi connectivity index (χ3v) is 3.64. The Kier molecular flexibility index (Phi) is 5.59. The summed E-state index contributed by atoms with van der Waals surface area (Å²) >= 11 is 5.77. The van der Waals surface area contributed by atoms with E-state index in [4.69, 9.17) is 17.3 Å². The zero-order valence-corrected chi connectivity index (χ0v) is 12.7. The summed E-state index contributed by atoms with van der Waals surface area (Å²) in [6, 6.07) is 0. The molecule has 0 atom stereocenters. The lowest BCUT2D eigenvalue weighted by Crippen LogP contribution is -2.01. The number of anilines is 1. The maximum Gasteiger partial charge on any atom is 0.226 e. The van der Waals surface area contributed by atoms with Crippen molar-refractivity contribution in [3.63, 3.8) is 0 Å². The molecule has 2 heterocycles. The van der Waals surface area contributed by atoms with Crippen LogP contribution < -0.4 is 5.73 Å². The standard InChI is InChI=1S/C14H22ClN5/c1-2-3-4-5-6-7-8-9-20-10-17-13-11(20)12(16)18-14(15)19-13/h10H,2-9H2,1H3,(H2,16,18,19). The highest BCUT2D eigenvalue weighted by Crippen LogP contribution is 2.19. The van der Waals surface area contributed by atoms with Crippen molar-refractivity contribution in [2.24, 2.45) is 0 Å². The van der Waals surface area contributed by atoms with Gasteiger partial charge in [-0.3, -0.25) is 0 Å². The second kappa shape index (κ2) is 7.43. The Bertz CT molecular complexity index is 552. The second-order valence-electron chi connectivity index (χ2n) is 5.11. The highest BCUT2D eigenvalue weighted by atomic mass is 35.5. The molecular formula is C14H22ClN5. The quantitative estimate of drug-likeness (QED) is 0.594. The van der Waals surface area contributed by atoms with Gasteiger partial charge in [-0.15, -0.1) is 0 Å². The van der Waals surface area contributed by atoms with Crippen molar-refractivity contribution in [1.82, 2.24) is 19.5 Å². The summed E-state index contributed by atoms with van der Waals surface area (Å²) in [7, 11) is 0. The summed E-state index contributed by atoms with van der Waals surface area (Å²) in [6.07, 6.45) is 10.7. The number of nitrogen functional groups attached to an aromatic ring is 1. The average Bonchev–Trinajstić information content (AvgIpc) is 2.81. The first-order valence-corrected chi connectivity index (χ1v) is 7.74. The van der Waals surface area contributed by atoms with Crippen molar-refractivity contribution in [1.29, 1.82) is 0 Å². The zero-order valence-electron chi connectivity index (χ0n) is 12.0. The lowest BCUT2D eigenvalue weighted by molar-refractivity contribution is 0.555. The van der Waals surface area contributed by atoms with Gasteiger partial charge in [0.2, 0.25) is 5.28 Å². The molecule has 0 bridgehead atoms. The van der Waals surface area contributed by atoms with E-state index in [0.29, 0.717) is 11.5 Å². The molecule has 0 aliphatic heterocycles. The van der Waals surface area contributed by atoms with E-state index in [1.165, 1.54) is 38.5 Å². The minimum Gasteiger partial charge on any atom is -0.382 e. The monoisotopic (exact) mass is 295 g/mol. The smallest absolute Gasteiger partial charge is 0.226 e. The molecule has 0 spiro atoms. The Morgan fingerprint density at radius 2 is 1.80 bits per heavy atom. The van der Waals surface area contributed by atoms with Crippen LogP contribution in [0.3, 0.4) is 0 Å². The number of halogens is 1. The molecular weight excluding hydrogens is 274 g/mol. The number of nitrogens with zero attached hydrogens (tertiary/aromatic N) is 4. The van der Waals surface area contributed by atoms with Crippen molar-refractivity contribution < 1.29 is 0 Å². The lowest BCUT2D eigenvalue weighted by Gasteiger charge is -2.05. The Hall–Kier alpha value is -1.36. The molecule has 2 aromatic rings. The van der Waals surface area contributed by atoms with E-state index in [2.05, 4.69) is 21.9 Å². The summed E-state index contributed by atoms with van der Waals surface area (Å²) < 4.78 is 2.02. The predicted octanol–water partition coefficient (Wildman–Crippen LogP) is 3.81. The molecule has 0 saturated carbocycles. The Balaban J connectivity index is 1.85. The van der Waals surface area contributed by atoms with Crippen molar-refractivity contribution >= 4 is 28.6 Å². The van der Waals surface area contributed by atoms with Crippen LogP contribution in [0.2, 0.25) is 5.28 Å². The van der Waals surface area contributed by atoms with Crippen LogP contribution in [-0.2, 0) is 6.54 Å². The van der Waals surface area contributed by atoms with E-state index in [0.717, 1.165) is 18.5 Å².